The minimum Gasteiger partial charge on any atom is -0.487 e. The lowest BCUT2D eigenvalue weighted by molar-refractivity contribution is -0.126. The van der Waals surface area contributed by atoms with Crippen LogP contribution in [-0.4, -0.2) is 37.0 Å². The average Bonchev–Trinajstić information content (AvgIpc) is 2.88. The van der Waals surface area contributed by atoms with E-state index in [2.05, 4.69) is 61.6 Å². The lowest BCUT2D eigenvalue weighted by atomic mass is 10.1. The fraction of sp³-hybridized carbons (Fsp3) is 0.185. The zero-order valence-corrected chi connectivity index (χ0v) is 24.3. The molecule has 0 spiro atoms. The van der Waals surface area contributed by atoms with Crippen molar-refractivity contribution in [3.05, 3.63) is 95.5 Å². The first-order chi connectivity index (χ1) is 17.4. The number of piperazine rings is 1. The number of para-hydroxylation sites is 1. The zero-order valence-electron chi connectivity index (χ0n) is 19.1. The van der Waals surface area contributed by atoms with Crippen LogP contribution in [0.5, 0.6) is 5.75 Å². The van der Waals surface area contributed by atoms with E-state index >= 15 is 0 Å². The van der Waals surface area contributed by atoms with Crippen LogP contribution in [0.4, 0.5) is 5.69 Å². The van der Waals surface area contributed by atoms with Gasteiger partial charge in [-0.05, 0) is 86.6 Å². The van der Waals surface area contributed by atoms with Gasteiger partial charge in [0.1, 0.15) is 24.0 Å². The molecule has 5 nitrogen and oxygen atoms in total. The van der Waals surface area contributed by atoms with Gasteiger partial charge in [0.25, 0.3) is 5.91 Å². The van der Waals surface area contributed by atoms with Crippen molar-refractivity contribution in [1.29, 1.82) is 5.26 Å². The molecule has 3 aromatic carbocycles. The second-order valence-electron chi connectivity index (χ2n) is 8.12. The Morgan fingerprint density at radius 2 is 1.81 bits per heavy atom. The average molecular weight is 697 g/mol. The van der Waals surface area contributed by atoms with Gasteiger partial charge in [-0.3, -0.25) is 4.79 Å². The molecule has 1 amide bonds. The molecule has 0 radical (unpaired) electrons. The fourth-order valence-corrected chi connectivity index (χ4v) is 6.11. The van der Waals surface area contributed by atoms with Crippen LogP contribution in [0.1, 0.15) is 11.1 Å². The van der Waals surface area contributed by atoms with Gasteiger partial charge >= 0.3 is 0 Å². The van der Waals surface area contributed by atoms with E-state index in [1.165, 1.54) is 0 Å². The summed E-state index contributed by atoms with van der Waals surface area (Å²) in [4.78, 5) is 17.1. The number of hydrogen-bond acceptors (Lipinski definition) is 4. The minimum atomic E-state index is -0.256. The van der Waals surface area contributed by atoms with E-state index in [0.29, 0.717) is 33.4 Å². The van der Waals surface area contributed by atoms with Crippen LogP contribution >= 0.6 is 61.7 Å². The molecule has 184 valence electrons. The molecule has 3 aromatic rings. The second-order valence-corrected chi connectivity index (χ2v) is 11.0. The van der Waals surface area contributed by atoms with E-state index in [9.17, 15) is 10.1 Å². The first-order valence-corrected chi connectivity index (χ1v) is 13.8. The number of nitrogens with zero attached hydrogens (tertiary/aromatic N) is 3. The van der Waals surface area contributed by atoms with Crippen LogP contribution in [0.2, 0.25) is 10.0 Å². The third kappa shape index (κ3) is 6.54. The number of anilines is 1. The van der Waals surface area contributed by atoms with E-state index in [-0.39, 0.29) is 18.1 Å². The molecule has 1 fully saturated rings. The summed E-state index contributed by atoms with van der Waals surface area (Å²) < 4.78 is 7.55. The minimum absolute atomic E-state index is 0.104. The highest BCUT2D eigenvalue weighted by molar-refractivity contribution is 14.1. The Kier molecular flexibility index (Phi) is 9.18. The molecule has 0 bridgehead atoms. The van der Waals surface area contributed by atoms with Gasteiger partial charge < -0.3 is 14.5 Å². The van der Waals surface area contributed by atoms with E-state index in [1.807, 2.05) is 36.4 Å². The molecule has 36 heavy (non-hydrogen) atoms. The van der Waals surface area contributed by atoms with Crippen molar-refractivity contribution in [3.63, 3.8) is 0 Å². The number of nitriles is 1. The van der Waals surface area contributed by atoms with Crippen LogP contribution in [-0.2, 0) is 11.4 Å². The van der Waals surface area contributed by atoms with Crippen LogP contribution in [0, 0.1) is 14.9 Å². The molecule has 1 aliphatic rings. The van der Waals surface area contributed by atoms with Gasteiger partial charge in [-0.1, -0.05) is 47.5 Å². The van der Waals surface area contributed by atoms with Crippen molar-refractivity contribution in [2.45, 2.75) is 6.61 Å². The highest BCUT2D eigenvalue weighted by Gasteiger charge is 2.24. The SMILES string of the molecule is N#C/C(=C/c1cc(Br)c(OCc2ccc(Cl)cc2Cl)c(I)c1)C(=O)N1CCN(c2ccccc2)CC1. The number of amides is 1. The molecule has 0 atom stereocenters. The van der Waals surface area contributed by atoms with Gasteiger partial charge in [0, 0.05) is 47.5 Å². The summed E-state index contributed by atoms with van der Waals surface area (Å²) in [5, 5.41) is 10.8. The Morgan fingerprint density at radius 3 is 2.44 bits per heavy atom. The topological polar surface area (TPSA) is 56.6 Å². The summed E-state index contributed by atoms with van der Waals surface area (Å²) >= 11 is 18.0. The summed E-state index contributed by atoms with van der Waals surface area (Å²) in [6.07, 6.45) is 1.62. The third-order valence-electron chi connectivity index (χ3n) is 5.76. The number of ether oxygens (including phenoxy) is 1. The number of carbonyl (C=O) groups is 1. The van der Waals surface area contributed by atoms with Crippen molar-refractivity contribution >= 4 is 79.4 Å². The molecule has 0 aliphatic carbocycles. The zero-order chi connectivity index (χ0) is 25.7. The van der Waals surface area contributed by atoms with Gasteiger partial charge in [0.15, 0.2) is 0 Å². The largest absolute Gasteiger partial charge is 0.487 e. The highest BCUT2D eigenvalue weighted by Crippen LogP contribution is 2.34. The molecule has 1 aliphatic heterocycles. The fourth-order valence-electron chi connectivity index (χ4n) is 3.87. The molecule has 0 aromatic heterocycles. The summed E-state index contributed by atoms with van der Waals surface area (Å²) in [6, 6.07) is 21.2. The third-order valence-corrected chi connectivity index (χ3v) is 7.74. The van der Waals surface area contributed by atoms with E-state index < -0.39 is 0 Å². The number of carbonyl (C=O) groups excluding carboxylic acids is 1. The van der Waals surface area contributed by atoms with Crippen molar-refractivity contribution in [2.24, 2.45) is 0 Å². The van der Waals surface area contributed by atoms with E-state index in [4.69, 9.17) is 27.9 Å². The Bertz CT molecular complexity index is 1310. The maximum absolute atomic E-state index is 13.1. The van der Waals surface area contributed by atoms with Gasteiger partial charge in [0.05, 0.1) is 8.04 Å². The standard InChI is InChI=1S/C27H21BrCl2IN3O2/c28-23-13-18(14-25(31)26(23)36-17-19-6-7-21(29)15-24(19)30)12-20(16-32)27(35)34-10-8-33(9-11-34)22-4-2-1-3-5-22/h1-7,12-15H,8-11,17H2/b20-12-. The number of rotatable bonds is 6. The molecule has 4 rings (SSSR count). The van der Waals surface area contributed by atoms with Gasteiger partial charge in [-0.15, -0.1) is 0 Å². The van der Waals surface area contributed by atoms with Crippen LogP contribution in [0.3, 0.4) is 0 Å². The first kappa shape index (κ1) is 26.8. The van der Waals surface area contributed by atoms with Crippen molar-refractivity contribution < 1.29 is 9.53 Å². The molecule has 0 unspecified atom stereocenters. The normalized spacial score (nSPS) is 13.9. The van der Waals surface area contributed by atoms with Crippen LogP contribution in [0.25, 0.3) is 6.08 Å². The van der Waals surface area contributed by atoms with E-state index in [0.717, 1.165) is 33.5 Å². The molecular weight excluding hydrogens is 676 g/mol. The predicted octanol–water partition coefficient (Wildman–Crippen LogP) is 7.20. The van der Waals surface area contributed by atoms with Crippen LogP contribution in [0.15, 0.2) is 70.7 Å². The summed E-state index contributed by atoms with van der Waals surface area (Å²) in [6.45, 7) is 2.85. The smallest absolute Gasteiger partial charge is 0.264 e. The lowest BCUT2D eigenvalue weighted by Gasteiger charge is -2.36. The second kappa shape index (κ2) is 12.3. The molecule has 1 saturated heterocycles. The maximum Gasteiger partial charge on any atom is 0.264 e. The number of hydrogen-bond donors (Lipinski definition) is 0. The summed E-state index contributed by atoms with van der Waals surface area (Å²) in [5.41, 5.74) is 2.79. The predicted molar refractivity (Wildman–Crippen MR) is 156 cm³/mol. The molecule has 0 N–H and O–H groups in total. The Balaban J connectivity index is 1.44. The summed E-state index contributed by atoms with van der Waals surface area (Å²) in [7, 11) is 0. The molecule has 1 heterocycles. The van der Waals surface area contributed by atoms with Crippen molar-refractivity contribution in [2.75, 3.05) is 31.1 Å². The monoisotopic (exact) mass is 695 g/mol. The van der Waals surface area contributed by atoms with Gasteiger partial charge in [-0.2, -0.15) is 5.26 Å². The molecule has 0 saturated carbocycles. The Hall–Kier alpha value is -2.25. The highest BCUT2D eigenvalue weighted by atomic mass is 127. The van der Waals surface area contributed by atoms with Gasteiger partial charge in [-0.25, -0.2) is 0 Å². The number of halogens is 4. The Morgan fingerprint density at radius 1 is 1.08 bits per heavy atom. The maximum atomic E-state index is 13.1. The molecule has 9 heteroatoms. The Labute approximate surface area is 242 Å². The van der Waals surface area contributed by atoms with Crippen molar-refractivity contribution in [1.82, 2.24) is 4.90 Å². The first-order valence-electron chi connectivity index (χ1n) is 11.1. The molecular formula is C27H21BrCl2IN3O2. The summed E-state index contributed by atoms with van der Waals surface area (Å²) in [5.74, 6) is 0.398. The van der Waals surface area contributed by atoms with E-state index in [1.54, 1.807) is 23.1 Å². The van der Waals surface area contributed by atoms with Crippen molar-refractivity contribution in [3.8, 4) is 11.8 Å². The van der Waals surface area contributed by atoms with Crippen LogP contribution < -0.4 is 9.64 Å². The quantitative estimate of drug-likeness (QED) is 0.156. The number of benzene rings is 3. The lowest BCUT2D eigenvalue weighted by Crippen LogP contribution is -2.49. The van der Waals surface area contributed by atoms with Gasteiger partial charge in [0.2, 0.25) is 0 Å².